The van der Waals surface area contributed by atoms with Gasteiger partial charge in [-0.3, -0.25) is 9.20 Å². The van der Waals surface area contributed by atoms with Gasteiger partial charge < -0.3 is 10.1 Å². The number of hydrogen-bond acceptors (Lipinski definition) is 4. The number of aromatic nitrogens is 2. The van der Waals surface area contributed by atoms with Gasteiger partial charge in [-0.25, -0.2) is 4.98 Å². The molecule has 0 bridgehead atoms. The number of hydrogen-bond donors (Lipinski definition) is 1. The van der Waals surface area contributed by atoms with E-state index in [4.69, 9.17) is 16.3 Å². The predicted molar refractivity (Wildman–Crippen MR) is 95.5 cm³/mol. The van der Waals surface area contributed by atoms with Gasteiger partial charge in [-0.05, 0) is 37.6 Å². The Morgan fingerprint density at radius 2 is 2.00 bits per heavy atom. The van der Waals surface area contributed by atoms with Crippen LogP contribution in [-0.2, 0) is 9.53 Å². The first-order chi connectivity index (χ1) is 11.6. The highest BCUT2D eigenvalue weighted by Gasteiger charge is 2.15. The number of rotatable bonds is 5. The summed E-state index contributed by atoms with van der Waals surface area (Å²) in [5.74, 6) is 0.450. The zero-order valence-electron chi connectivity index (χ0n) is 13.5. The summed E-state index contributed by atoms with van der Waals surface area (Å²) in [4.78, 5) is 16.4. The van der Waals surface area contributed by atoms with Crippen molar-refractivity contribution in [2.24, 2.45) is 0 Å². The SMILES string of the molecule is CCOC(=O)CNc1c(-c2ccc(Cl)cc2)nc2ccc(C)cn12. The van der Waals surface area contributed by atoms with Crippen molar-refractivity contribution in [3.05, 3.63) is 53.2 Å². The molecule has 0 unspecified atom stereocenters. The molecule has 0 aliphatic carbocycles. The van der Waals surface area contributed by atoms with Crippen molar-refractivity contribution in [3.8, 4) is 11.3 Å². The molecule has 1 N–H and O–H groups in total. The Morgan fingerprint density at radius 1 is 1.25 bits per heavy atom. The molecular formula is C18H18ClN3O2. The fraction of sp³-hybridized carbons (Fsp3) is 0.222. The molecule has 0 aliphatic heterocycles. The van der Waals surface area contributed by atoms with Crippen molar-refractivity contribution in [1.82, 2.24) is 9.38 Å². The Morgan fingerprint density at radius 3 is 2.71 bits per heavy atom. The maximum Gasteiger partial charge on any atom is 0.325 e. The zero-order chi connectivity index (χ0) is 17.1. The number of fused-ring (bicyclic) bond motifs is 1. The van der Waals surface area contributed by atoms with Crippen LogP contribution in [0.3, 0.4) is 0 Å². The van der Waals surface area contributed by atoms with Crippen LogP contribution in [0.2, 0.25) is 5.02 Å². The Hall–Kier alpha value is -2.53. The number of benzene rings is 1. The van der Waals surface area contributed by atoms with Gasteiger partial charge in [-0.15, -0.1) is 0 Å². The molecule has 2 heterocycles. The van der Waals surface area contributed by atoms with Crippen LogP contribution in [0.1, 0.15) is 12.5 Å². The van der Waals surface area contributed by atoms with E-state index in [1.807, 2.05) is 53.9 Å². The van der Waals surface area contributed by atoms with E-state index in [-0.39, 0.29) is 12.5 Å². The highest BCUT2D eigenvalue weighted by Crippen LogP contribution is 2.29. The van der Waals surface area contributed by atoms with Crippen molar-refractivity contribution in [1.29, 1.82) is 0 Å². The topological polar surface area (TPSA) is 55.6 Å². The van der Waals surface area contributed by atoms with Crippen molar-refractivity contribution < 1.29 is 9.53 Å². The van der Waals surface area contributed by atoms with Crippen LogP contribution in [0.5, 0.6) is 0 Å². The van der Waals surface area contributed by atoms with Crippen LogP contribution in [0.25, 0.3) is 16.9 Å². The quantitative estimate of drug-likeness (QED) is 0.713. The van der Waals surface area contributed by atoms with Crippen LogP contribution in [-0.4, -0.2) is 28.5 Å². The molecule has 0 aliphatic rings. The highest BCUT2D eigenvalue weighted by atomic mass is 35.5. The van der Waals surface area contributed by atoms with E-state index >= 15 is 0 Å². The van der Waals surface area contributed by atoms with E-state index in [0.717, 1.165) is 28.3 Å². The first-order valence-electron chi connectivity index (χ1n) is 7.72. The van der Waals surface area contributed by atoms with Crippen molar-refractivity contribution in [3.63, 3.8) is 0 Å². The van der Waals surface area contributed by atoms with Crippen LogP contribution in [0.4, 0.5) is 5.82 Å². The molecule has 6 heteroatoms. The number of esters is 1. The molecule has 5 nitrogen and oxygen atoms in total. The number of anilines is 1. The fourth-order valence-electron chi connectivity index (χ4n) is 2.50. The molecule has 0 fully saturated rings. The molecule has 24 heavy (non-hydrogen) atoms. The van der Waals surface area contributed by atoms with Gasteiger partial charge >= 0.3 is 5.97 Å². The second-order valence-electron chi connectivity index (χ2n) is 5.41. The van der Waals surface area contributed by atoms with Gasteiger partial charge in [-0.2, -0.15) is 0 Å². The molecule has 124 valence electrons. The van der Waals surface area contributed by atoms with Crippen LogP contribution in [0.15, 0.2) is 42.6 Å². The van der Waals surface area contributed by atoms with E-state index in [1.165, 1.54) is 0 Å². The molecule has 0 radical (unpaired) electrons. The van der Waals surface area contributed by atoms with E-state index in [1.54, 1.807) is 6.92 Å². The number of carbonyl (C=O) groups is 1. The molecule has 3 rings (SSSR count). The summed E-state index contributed by atoms with van der Waals surface area (Å²) in [7, 11) is 0. The Balaban J connectivity index is 2.05. The van der Waals surface area contributed by atoms with Crippen LogP contribution in [0, 0.1) is 6.92 Å². The molecule has 0 saturated carbocycles. The van der Waals surface area contributed by atoms with Crippen molar-refractivity contribution in [2.45, 2.75) is 13.8 Å². The van der Waals surface area contributed by atoms with Crippen molar-refractivity contribution in [2.75, 3.05) is 18.5 Å². The second kappa shape index (κ2) is 6.93. The first kappa shape index (κ1) is 16.3. The van der Waals surface area contributed by atoms with Crippen LogP contribution < -0.4 is 5.32 Å². The lowest BCUT2D eigenvalue weighted by atomic mass is 10.1. The molecule has 0 amide bonds. The minimum Gasteiger partial charge on any atom is -0.465 e. The third-order valence-electron chi connectivity index (χ3n) is 3.59. The maximum absolute atomic E-state index is 11.7. The minimum absolute atomic E-state index is 0.0795. The molecule has 0 saturated heterocycles. The number of pyridine rings is 1. The number of aryl methyl sites for hydroxylation is 1. The first-order valence-corrected chi connectivity index (χ1v) is 8.10. The summed E-state index contributed by atoms with van der Waals surface area (Å²) in [5, 5.41) is 3.82. The molecule has 1 aromatic carbocycles. The number of halogens is 1. The van der Waals surface area contributed by atoms with Gasteiger partial charge in [-0.1, -0.05) is 29.8 Å². The largest absolute Gasteiger partial charge is 0.465 e. The normalized spacial score (nSPS) is 10.8. The summed E-state index contributed by atoms with van der Waals surface area (Å²) in [5.41, 5.74) is 3.59. The van der Waals surface area contributed by atoms with Crippen molar-refractivity contribution >= 4 is 29.0 Å². The summed E-state index contributed by atoms with van der Waals surface area (Å²) < 4.78 is 6.93. The minimum atomic E-state index is -0.304. The van der Waals surface area contributed by atoms with Gasteiger partial charge in [0.2, 0.25) is 0 Å². The standard InChI is InChI=1S/C18H18ClN3O2/c1-3-24-16(23)10-20-18-17(13-5-7-14(19)8-6-13)21-15-9-4-12(2)11-22(15)18/h4-9,11,20H,3,10H2,1-2H3. The zero-order valence-corrected chi connectivity index (χ0v) is 14.3. The average molecular weight is 344 g/mol. The maximum atomic E-state index is 11.7. The average Bonchev–Trinajstić information content (AvgIpc) is 2.91. The number of imidazole rings is 1. The van der Waals surface area contributed by atoms with Crippen LogP contribution >= 0.6 is 11.6 Å². The predicted octanol–water partition coefficient (Wildman–Crippen LogP) is 3.94. The monoisotopic (exact) mass is 343 g/mol. The summed E-state index contributed by atoms with van der Waals surface area (Å²) in [6.07, 6.45) is 1.98. The van der Waals surface area contributed by atoms with Gasteiger partial charge in [0.15, 0.2) is 0 Å². The number of nitrogens with one attached hydrogen (secondary N) is 1. The van der Waals surface area contributed by atoms with E-state index in [2.05, 4.69) is 10.3 Å². The second-order valence-corrected chi connectivity index (χ2v) is 5.85. The van der Waals surface area contributed by atoms with E-state index in [0.29, 0.717) is 11.6 Å². The Labute approximate surface area is 145 Å². The summed E-state index contributed by atoms with van der Waals surface area (Å²) >= 11 is 5.97. The van der Waals surface area contributed by atoms with Gasteiger partial charge in [0.25, 0.3) is 0 Å². The summed E-state index contributed by atoms with van der Waals surface area (Å²) in [6, 6.07) is 11.4. The molecule has 2 aromatic heterocycles. The third kappa shape index (κ3) is 3.36. The third-order valence-corrected chi connectivity index (χ3v) is 3.84. The van der Waals surface area contributed by atoms with E-state index < -0.39 is 0 Å². The van der Waals surface area contributed by atoms with Gasteiger partial charge in [0, 0.05) is 16.8 Å². The number of nitrogens with zero attached hydrogens (tertiary/aromatic N) is 2. The number of ether oxygens (including phenoxy) is 1. The molecular weight excluding hydrogens is 326 g/mol. The van der Waals surface area contributed by atoms with Gasteiger partial charge in [0.1, 0.15) is 23.7 Å². The lowest BCUT2D eigenvalue weighted by molar-refractivity contribution is -0.140. The van der Waals surface area contributed by atoms with E-state index in [9.17, 15) is 4.79 Å². The number of carbonyl (C=O) groups excluding carboxylic acids is 1. The van der Waals surface area contributed by atoms with Gasteiger partial charge in [0.05, 0.1) is 6.61 Å². The lowest BCUT2D eigenvalue weighted by Gasteiger charge is -2.09. The Bertz CT molecular complexity index is 872. The highest BCUT2D eigenvalue weighted by molar-refractivity contribution is 6.30. The molecule has 3 aromatic rings. The summed E-state index contributed by atoms with van der Waals surface area (Å²) in [6.45, 7) is 4.23. The Kier molecular flexibility index (Phi) is 4.71. The smallest absolute Gasteiger partial charge is 0.325 e. The molecule has 0 atom stereocenters. The fourth-order valence-corrected chi connectivity index (χ4v) is 2.62. The molecule has 0 spiro atoms. The lowest BCUT2D eigenvalue weighted by Crippen LogP contribution is -2.17.